The third-order valence-electron chi connectivity index (χ3n) is 4.74. The lowest BCUT2D eigenvalue weighted by Gasteiger charge is -2.14. The van der Waals surface area contributed by atoms with Crippen LogP contribution >= 0.6 is 0 Å². The average Bonchev–Trinajstić information content (AvgIpc) is 2.73. The van der Waals surface area contributed by atoms with Crippen LogP contribution in [0.5, 0.6) is 5.75 Å². The maximum Gasteiger partial charge on any atom is 0.190 e. The number of fused-ring (bicyclic) bond motifs is 1. The van der Waals surface area contributed by atoms with Crippen LogP contribution in [0.15, 0.2) is 83.7 Å². The van der Waals surface area contributed by atoms with Crippen molar-refractivity contribution in [2.45, 2.75) is 6.61 Å². The minimum Gasteiger partial charge on any atom is -0.488 e. The van der Waals surface area contributed by atoms with Gasteiger partial charge in [-0.2, -0.15) is 0 Å². The number of H-pyrrole nitrogens is 1. The lowest BCUT2D eigenvalue weighted by Crippen LogP contribution is -2.10. The molecule has 28 heavy (non-hydrogen) atoms. The highest BCUT2D eigenvalue weighted by Crippen LogP contribution is 2.30. The van der Waals surface area contributed by atoms with Crippen molar-refractivity contribution in [3.8, 4) is 17.0 Å². The number of aromatic amines is 1. The number of hydrogen-bond acceptors (Lipinski definition) is 3. The highest BCUT2D eigenvalue weighted by Gasteiger charge is 2.10. The molecule has 3 aromatic carbocycles. The van der Waals surface area contributed by atoms with Gasteiger partial charge < -0.3 is 14.6 Å². The Bertz CT molecular complexity index is 1160. The zero-order chi connectivity index (χ0) is 19.5. The van der Waals surface area contributed by atoms with Gasteiger partial charge in [-0.1, -0.05) is 42.5 Å². The summed E-state index contributed by atoms with van der Waals surface area (Å²) >= 11 is 0. The molecule has 0 aliphatic heterocycles. The van der Waals surface area contributed by atoms with E-state index in [4.69, 9.17) is 4.74 Å². The number of ether oxygens (including phenoxy) is 1. The largest absolute Gasteiger partial charge is 0.488 e. The second kappa shape index (κ2) is 7.61. The Labute approximate surface area is 164 Å². The van der Waals surface area contributed by atoms with Gasteiger partial charge in [-0.05, 0) is 35.9 Å². The summed E-state index contributed by atoms with van der Waals surface area (Å²) in [7, 11) is 3.92. The molecule has 0 unspecified atom stereocenters. The van der Waals surface area contributed by atoms with Crippen molar-refractivity contribution in [1.29, 1.82) is 0 Å². The van der Waals surface area contributed by atoms with Gasteiger partial charge >= 0.3 is 0 Å². The molecule has 0 atom stereocenters. The van der Waals surface area contributed by atoms with E-state index < -0.39 is 0 Å². The van der Waals surface area contributed by atoms with E-state index in [0.29, 0.717) is 12.0 Å². The van der Waals surface area contributed by atoms with Crippen molar-refractivity contribution in [3.05, 3.63) is 94.6 Å². The molecule has 0 saturated heterocycles. The fraction of sp³-hybridized carbons (Fsp3) is 0.125. The average molecular weight is 370 g/mol. The predicted molar refractivity (Wildman–Crippen MR) is 115 cm³/mol. The van der Waals surface area contributed by atoms with Crippen molar-refractivity contribution < 1.29 is 4.74 Å². The molecule has 1 aromatic heterocycles. The van der Waals surface area contributed by atoms with Gasteiger partial charge in [0.15, 0.2) is 5.43 Å². The Morgan fingerprint density at radius 1 is 0.893 bits per heavy atom. The van der Waals surface area contributed by atoms with E-state index in [1.165, 1.54) is 0 Å². The number of benzene rings is 3. The van der Waals surface area contributed by atoms with Gasteiger partial charge in [0, 0.05) is 42.3 Å². The zero-order valence-corrected chi connectivity index (χ0v) is 16.0. The first kappa shape index (κ1) is 17.9. The van der Waals surface area contributed by atoms with Crippen LogP contribution in [0.3, 0.4) is 0 Å². The second-order valence-electron chi connectivity index (χ2n) is 6.94. The molecular weight excluding hydrogens is 348 g/mol. The number of nitrogens with one attached hydrogen (secondary N) is 1. The molecule has 0 saturated carbocycles. The molecule has 0 aliphatic carbocycles. The number of pyridine rings is 1. The van der Waals surface area contributed by atoms with Crippen molar-refractivity contribution in [3.63, 3.8) is 0 Å². The molecule has 0 bridgehead atoms. The molecule has 4 aromatic rings. The van der Waals surface area contributed by atoms with E-state index in [1.807, 2.05) is 91.8 Å². The molecule has 4 rings (SSSR count). The topological polar surface area (TPSA) is 45.3 Å². The summed E-state index contributed by atoms with van der Waals surface area (Å²) in [4.78, 5) is 18.1. The molecule has 0 aliphatic rings. The molecule has 4 nitrogen and oxygen atoms in total. The fourth-order valence-electron chi connectivity index (χ4n) is 3.21. The van der Waals surface area contributed by atoms with E-state index in [1.54, 1.807) is 6.07 Å². The Hall–Kier alpha value is -3.53. The smallest absolute Gasteiger partial charge is 0.190 e. The van der Waals surface area contributed by atoms with Crippen molar-refractivity contribution in [2.24, 2.45) is 0 Å². The van der Waals surface area contributed by atoms with Gasteiger partial charge in [0.05, 0.1) is 5.69 Å². The van der Waals surface area contributed by atoms with Gasteiger partial charge in [0.1, 0.15) is 12.4 Å². The van der Waals surface area contributed by atoms with Gasteiger partial charge in [0.2, 0.25) is 0 Å². The molecule has 0 spiro atoms. The Morgan fingerprint density at radius 2 is 1.64 bits per heavy atom. The highest BCUT2D eigenvalue weighted by atomic mass is 16.5. The van der Waals surface area contributed by atoms with E-state index in [0.717, 1.165) is 33.8 Å². The maximum atomic E-state index is 12.8. The molecule has 1 N–H and O–H groups in total. The Balaban J connectivity index is 1.72. The molecule has 0 fully saturated rings. The van der Waals surface area contributed by atoms with E-state index in [9.17, 15) is 4.79 Å². The molecule has 4 heteroatoms. The summed E-state index contributed by atoms with van der Waals surface area (Å²) in [5, 5.41) is 0.678. The summed E-state index contributed by atoms with van der Waals surface area (Å²) in [6, 6.07) is 25.3. The molecule has 0 amide bonds. The highest BCUT2D eigenvalue weighted by molar-refractivity contribution is 5.85. The summed E-state index contributed by atoms with van der Waals surface area (Å²) in [5.74, 6) is 0.742. The SMILES string of the molecule is CN(C)c1ccc2[nH]c(-c3ccccc3OCc3ccccc3)cc(=O)c2c1. The summed E-state index contributed by atoms with van der Waals surface area (Å²) in [6.45, 7) is 0.474. The van der Waals surface area contributed by atoms with Crippen molar-refractivity contribution in [1.82, 2.24) is 4.98 Å². The van der Waals surface area contributed by atoms with Crippen LogP contribution in [0.4, 0.5) is 5.69 Å². The van der Waals surface area contributed by atoms with E-state index >= 15 is 0 Å². The number of hydrogen-bond donors (Lipinski definition) is 1. The van der Waals surface area contributed by atoms with Gasteiger partial charge in [-0.25, -0.2) is 0 Å². The minimum absolute atomic E-state index is 0.00897. The van der Waals surface area contributed by atoms with Crippen LogP contribution in [-0.2, 0) is 6.61 Å². The van der Waals surface area contributed by atoms with Crippen LogP contribution in [0.25, 0.3) is 22.2 Å². The van der Waals surface area contributed by atoms with Crippen LogP contribution in [0.1, 0.15) is 5.56 Å². The van der Waals surface area contributed by atoms with Gasteiger partial charge in [0.25, 0.3) is 0 Å². The van der Waals surface area contributed by atoms with Crippen LogP contribution in [0, 0.1) is 0 Å². The van der Waals surface area contributed by atoms with E-state index in [2.05, 4.69) is 4.98 Å². The lowest BCUT2D eigenvalue weighted by atomic mass is 10.1. The number of anilines is 1. The van der Waals surface area contributed by atoms with Gasteiger partial charge in [-0.15, -0.1) is 0 Å². The fourth-order valence-corrected chi connectivity index (χ4v) is 3.21. The number of para-hydroxylation sites is 1. The normalized spacial score (nSPS) is 10.8. The first-order chi connectivity index (χ1) is 13.6. The third-order valence-corrected chi connectivity index (χ3v) is 4.74. The standard InChI is InChI=1S/C24H22N2O2/c1-26(2)18-12-13-21-20(14-18)23(27)15-22(25-21)19-10-6-7-11-24(19)28-16-17-8-4-3-5-9-17/h3-15H,16H2,1-2H3,(H,25,27). The quantitative estimate of drug-likeness (QED) is 0.547. The molecule has 1 heterocycles. The van der Waals surface area contributed by atoms with Gasteiger partial charge in [-0.3, -0.25) is 4.79 Å². The summed E-state index contributed by atoms with van der Waals surface area (Å²) in [5.41, 5.74) is 4.52. The van der Waals surface area contributed by atoms with E-state index in [-0.39, 0.29) is 5.43 Å². The zero-order valence-electron chi connectivity index (χ0n) is 16.0. The molecule has 140 valence electrons. The first-order valence-corrected chi connectivity index (χ1v) is 9.22. The Kier molecular flexibility index (Phi) is 4.85. The second-order valence-corrected chi connectivity index (χ2v) is 6.94. The number of rotatable bonds is 5. The third kappa shape index (κ3) is 3.62. The van der Waals surface area contributed by atoms with Crippen LogP contribution in [-0.4, -0.2) is 19.1 Å². The van der Waals surface area contributed by atoms with Crippen LogP contribution in [0.2, 0.25) is 0 Å². The Morgan fingerprint density at radius 3 is 2.43 bits per heavy atom. The van der Waals surface area contributed by atoms with Crippen LogP contribution < -0.4 is 15.1 Å². The number of aromatic nitrogens is 1. The minimum atomic E-state index is -0.00897. The first-order valence-electron chi connectivity index (χ1n) is 9.22. The summed E-state index contributed by atoms with van der Waals surface area (Å²) < 4.78 is 6.05. The molecule has 0 radical (unpaired) electrons. The molecular formula is C24H22N2O2. The maximum absolute atomic E-state index is 12.8. The number of nitrogens with zero attached hydrogens (tertiary/aromatic N) is 1. The van der Waals surface area contributed by atoms with Crippen molar-refractivity contribution in [2.75, 3.05) is 19.0 Å². The lowest BCUT2D eigenvalue weighted by molar-refractivity contribution is 0.307. The predicted octanol–water partition coefficient (Wildman–Crippen LogP) is 4.84. The summed E-state index contributed by atoms with van der Waals surface area (Å²) in [6.07, 6.45) is 0. The van der Waals surface area contributed by atoms with Crippen molar-refractivity contribution >= 4 is 16.6 Å². The monoisotopic (exact) mass is 370 g/mol.